The first-order chi connectivity index (χ1) is 7.58. The lowest BCUT2D eigenvalue weighted by Crippen LogP contribution is -2.23. The molecule has 1 rings (SSSR count). The van der Waals surface area contributed by atoms with Crippen molar-refractivity contribution in [3.05, 3.63) is 29.3 Å². The molecule has 0 spiro atoms. The molecule has 0 aromatic heterocycles. The Morgan fingerprint density at radius 3 is 2.69 bits per heavy atom. The number of esters is 1. The minimum absolute atomic E-state index is 0.130. The molecule has 1 amide bonds. The summed E-state index contributed by atoms with van der Waals surface area (Å²) in [6.07, 6.45) is 0. The molecule has 0 fully saturated rings. The molecule has 86 valence electrons. The van der Waals surface area contributed by atoms with E-state index in [2.05, 4.69) is 10.1 Å². The summed E-state index contributed by atoms with van der Waals surface area (Å²) in [5, 5.41) is 2.54. The maximum atomic E-state index is 11.5. The van der Waals surface area contributed by atoms with E-state index in [1.54, 1.807) is 18.2 Å². The number of carbonyl (C=O) groups is 2. The first kappa shape index (κ1) is 12.2. The van der Waals surface area contributed by atoms with Crippen molar-refractivity contribution in [1.29, 1.82) is 0 Å². The van der Waals surface area contributed by atoms with Gasteiger partial charge in [0, 0.05) is 0 Å². The van der Waals surface area contributed by atoms with Crippen molar-refractivity contribution in [2.75, 3.05) is 19.0 Å². The zero-order valence-corrected chi connectivity index (χ0v) is 9.24. The van der Waals surface area contributed by atoms with E-state index in [0.29, 0.717) is 11.3 Å². The minimum Gasteiger partial charge on any atom is -0.465 e. The molecular weight excluding hydrogens is 208 g/mol. The average molecular weight is 222 g/mol. The Kier molecular flexibility index (Phi) is 4.02. The van der Waals surface area contributed by atoms with Crippen molar-refractivity contribution >= 4 is 17.6 Å². The van der Waals surface area contributed by atoms with Gasteiger partial charge in [-0.2, -0.15) is 0 Å². The SMILES string of the molecule is COC(=O)c1cc(C)ccc1NC(=O)CN. The summed E-state index contributed by atoms with van der Waals surface area (Å²) < 4.78 is 4.63. The summed E-state index contributed by atoms with van der Waals surface area (Å²) in [6.45, 7) is 1.72. The number of aryl methyl sites for hydroxylation is 1. The Morgan fingerprint density at radius 2 is 2.12 bits per heavy atom. The second-order valence-electron chi connectivity index (χ2n) is 3.29. The lowest BCUT2D eigenvalue weighted by Gasteiger charge is -2.09. The molecule has 0 saturated heterocycles. The van der Waals surface area contributed by atoms with Gasteiger partial charge in [-0.1, -0.05) is 11.6 Å². The molecule has 0 radical (unpaired) electrons. The number of anilines is 1. The van der Waals surface area contributed by atoms with E-state index >= 15 is 0 Å². The lowest BCUT2D eigenvalue weighted by molar-refractivity contribution is -0.114. The predicted molar refractivity (Wildman–Crippen MR) is 60.2 cm³/mol. The van der Waals surface area contributed by atoms with E-state index < -0.39 is 5.97 Å². The van der Waals surface area contributed by atoms with E-state index in [-0.39, 0.29) is 12.5 Å². The summed E-state index contributed by atoms with van der Waals surface area (Å²) in [4.78, 5) is 22.6. The van der Waals surface area contributed by atoms with E-state index in [0.717, 1.165) is 5.56 Å². The molecule has 0 aliphatic rings. The molecule has 5 nitrogen and oxygen atoms in total. The number of ether oxygens (including phenoxy) is 1. The van der Waals surface area contributed by atoms with Gasteiger partial charge < -0.3 is 15.8 Å². The largest absolute Gasteiger partial charge is 0.465 e. The van der Waals surface area contributed by atoms with Crippen LogP contribution < -0.4 is 11.1 Å². The van der Waals surface area contributed by atoms with Crippen LogP contribution in [0.5, 0.6) is 0 Å². The zero-order chi connectivity index (χ0) is 12.1. The third-order valence-corrected chi connectivity index (χ3v) is 2.04. The minimum atomic E-state index is -0.490. The Bertz CT molecular complexity index is 416. The van der Waals surface area contributed by atoms with Gasteiger partial charge in [0.1, 0.15) is 0 Å². The van der Waals surface area contributed by atoms with Gasteiger partial charge in [-0.25, -0.2) is 4.79 Å². The third kappa shape index (κ3) is 2.80. The summed E-state index contributed by atoms with van der Waals surface area (Å²) in [5.41, 5.74) is 6.82. The highest BCUT2D eigenvalue weighted by Gasteiger charge is 2.13. The first-order valence-electron chi connectivity index (χ1n) is 4.77. The van der Waals surface area contributed by atoms with Gasteiger partial charge in [0.15, 0.2) is 0 Å². The molecule has 0 saturated carbocycles. The van der Waals surface area contributed by atoms with Crippen molar-refractivity contribution in [3.63, 3.8) is 0 Å². The van der Waals surface area contributed by atoms with Crippen molar-refractivity contribution in [2.24, 2.45) is 5.73 Å². The van der Waals surface area contributed by atoms with Crippen LogP contribution in [0.3, 0.4) is 0 Å². The predicted octanol–water partition coefficient (Wildman–Crippen LogP) is 0.679. The molecule has 0 unspecified atom stereocenters. The zero-order valence-electron chi connectivity index (χ0n) is 9.24. The molecule has 3 N–H and O–H groups in total. The Labute approximate surface area is 93.6 Å². The van der Waals surface area contributed by atoms with Gasteiger partial charge in [-0.05, 0) is 19.1 Å². The maximum absolute atomic E-state index is 11.5. The number of hydrogen-bond acceptors (Lipinski definition) is 4. The Balaban J connectivity index is 3.07. The van der Waals surface area contributed by atoms with Gasteiger partial charge in [-0.3, -0.25) is 4.79 Å². The highest BCUT2D eigenvalue weighted by atomic mass is 16.5. The van der Waals surface area contributed by atoms with Crippen LogP contribution in [0, 0.1) is 6.92 Å². The molecule has 16 heavy (non-hydrogen) atoms. The van der Waals surface area contributed by atoms with Crippen molar-refractivity contribution in [3.8, 4) is 0 Å². The number of methoxy groups -OCH3 is 1. The molecule has 0 heterocycles. The molecule has 1 aromatic rings. The molecule has 5 heteroatoms. The smallest absolute Gasteiger partial charge is 0.339 e. The van der Waals surface area contributed by atoms with Crippen LogP contribution in [0.15, 0.2) is 18.2 Å². The first-order valence-corrected chi connectivity index (χ1v) is 4.77. The molecule has 0 bridgehead atoms. The number of carbonyl (C=O) groups excluding carboxylic acids is 2. The van der Waals surface area contributed by atoms with Gasteiger partial charge >= 0.3 is 5.97 Å². The highest BCUT2D eigenvalue weighted by Crippen LogP contribution is 2.18. The van der Waals surface area contributed by atoms with Crippen molar-refractivity contribution in [2.45, 2.75) is 6.92 Å². The van der Waals surface area contributed by atoms with Crippen LogP contribution in [-0.4, -0.2) is 25.5 Å². The summed E-state index contributed by atoms with van der Waals surface area (Å²) in [5.74, 6) is -0.843. The fourth-order valence-corrected chi connectivity index (χ4v) is 1.25. The molecule has 0 atom stereocenters. The molecular formula is C11H14N2O3. The van der Waals surface area contributed by atoms with Crippen molar-refractivity contribution in [1.82, 2.24) is 0 Å². The van der Waals surface area contributed by atoms with Gasteiger partial charge in [0.25, 0.3) is 0 Å². The van der Waals surface area contributed by atoms with E-state index in [1.807, 2.05) is 6.92 Å². The lowest BCUT2D eigenvalue weighted by atomic mass is 10.1. The van der Waals surface area contributed by atoms with Crippen LogP contribution in [0.25, 0.3) is 0 Å². The number of hydrogen-bond donors (Lipinski definition) is 2. The quantitative estimate of drug-likeness (QED) is 0.737. The number of benzene rings is 1. The molecule has 0 aliphatic carbocycles. The number of rotatable bonds is 3. The van der Waals surface area contributed by atoms with Crippen LogP contribution in [-0.2, 0) is 9.53 Å². The number of amides is 1. The second kappa shape index (κ2) is 5.27. The number of nitrogens with one attached hydrogen (secondary N) is 1. The van der Waals surface area contributed by atoms with Crippen molar-refractivity contribution < 1.29 is 14.3 Å². The van der Waals surface area contributed by atoms with E-state index in [4.69, 9.17) is 5.73 Å². The third-order valence-electron chi connectivity index (χ3n) is 2.04. The normalized spacial score (nSPS) is 9.69. The van der Waals surface area contributed by atoms with E-state index in [9.17, 15) is 9.59 Å². The number of nitrogens with two attached hydrogens (primary N) is 1. The fraction of sp³-hybridized carbons (Fsp3) is 0.273. The second-order valence-corrected chi connectivity index (χ2v) is 3.29. The standard InChI is InChI=1S/C11H14N2O3/c1-7-3-4-9(13-10(14)6-12)8(5-7)11(15)16-2/h3-5H,6,12H2,1-2H3,(H,13,14). The molecule has 1 aromatic carbocycles. The Morgan fingerprint density at radius 1 is 1.44 bits per heavy atom. The highest BCUT2D eigenvalue weighted by molar-refractivity contribution is 6.01. The topological polar surface area (TPSA) is 81.4 Å². The van der Waals surface area contributed by atoms with Crippen LogP contribution >= 0.6 is 0 Å². The van der Waals surface area contributed by atoms with Crippen LogP contribution in [0.4, 0.5) is 5.69 Å². The average Bonchev–Trinajstić information content (AvgIpc) is 2.30. The monoisotopic (exact) mass is 222 g/mol. The summed E-state index contributed by atoms with van der Waals surface area (Å²) >= 11 is 0. The van der Waals surface area contributed by atoms with Crippen LogP contribution in [0.1, 0.15) is 15.9 Å². The van der Waals surface area contributed by atoms with Gasteiger partial charge in [0.05, 0.1) is 24.9 Å². The fourth-order valence-electron chi connectivity index (χ4n) is 1.25. The molecule has 0 aliphatic heterocycles. The van der Waals surface area contributed by atoms with Gasteiger partial charge in [-0.15, -0.1) is 0 Å². The van der Waals surface area contributed by atoms with Gasteiger partial charge in [0.2, 0.25) is 5.91 Å². The Hall–Kier alpha value is -1.88. The van der Waals surface area contributed by atoms with Crippen LogP contribution in [0.2, 0.25) is 0 Å². The summed E-state index contributed by atoms with van der Waals surface area (Å²) in [6, 6.07) is 5.09. The maximum Gasteiger partial charge on any atom is 0.339 e. The van der Waals surface area contributed by atoms with E-state index in [1.165, 1.54) is 7.11 Å². The summed E-state index contributed by atoms with van der Waals surface area (Å²) in [7, 11) is 1.29.